The van der Waals surface area contributed by atoms with E-state index < -0.39 is 115 Å². The number of primary amides is 2. The standard InChI is InChI=1S/C34H37N7O7.C25H21N3O5.C24H28N4O5/c1-34(2,3)48-28(43)18-24(19-36-40-32(35)45)37-27(42)20-41-26-17-11-10-16-25(26)29(23-14-8-5-9-15-23)38-30(31(41)44)39-33(46)47-21-22-12-6-4-7-13-22;29-21(30)15-28-20-14-8-7-13-19(20)22(18-11-5-2-6-12-18)26-23(24(28)31)27-25(32)33-16-17-9-3-1-4-10-17;1-24(2,3)33-21(29)12-15(13-26-28-22(25)30)27-23(31)32-14-20-18-10-6-4-8-16(18)17-9-5-7-11-19(17)20/h4-17,19,24,30H,18,20-21H2,1-3H3,(H,37,42)(H,39,46)(H3,35,40,45);1-14,23H,15-16H2,(H,27,32)(H,29,30);4-11,13,15,20H,12,14H2,1-3H3,(H,27,31)(H3,25,28,30)/b36-19+;;26-13+/t24-,30?;;15-/m0.0/s1. The van der Waals surface area contributed by atoms with Gasteiger partial charge in [0.05, 0.1) is 47.7 Å². The lowest BCUT2D eigenvalue weighted by Crippen LogP contribution is -2.51. The predicted octanol–water partition coefficient (Wildman–Crippen LogP) is 9.48. The van der Waals surface area contributed by atoms with E-state index in [0.29, 0.717) is 39.5 Å². The Morgan fingerprint density at radius 2 is 0.825 bits per heavy atom. The molecule has 590 valence electrons. The summed E-state index contributed by atoms with van der Waals surface area (Å²) in [5.41, 5.74) is 22.7. The van der Waals surface area contributed by atoms with Gasteiger partial charge in [-0.15, -0.1) is 0 Å². The van der Waals surface area contributed by atoms with E-state index in [0.717, 1.165) is 50.1 Å². The van der Waals surface area contributed by atoms with E-state index in [1.54, 1.807) is 126 Å². The lowest BCUT2D eigenvalue weighted by molar-refractivity contribution is -0.156. The summed E-state index contributed by atoms with van der Waals surface area (Å²) in [6.45, 7) is 9.27. The number of carboxylic acid groups (broad SMARTS) is 1. The van der Waals surface area contributed by atoms with Crippen LogP contribution in [0.4, 0.5) is 35.3 Å². The number of para-hydroxylation sites is 2. The molecule has 0 radical (unpaired) electrons. The van der Waals surface area contributed by atoms with Gasteiger partial charge in [0, 0.05) is 40.6 Å². The van der Waals surface area contributed by atoms with E-state index >= 15 is 0 Å². The molecule has 0 aromatic heterocycles. The number of nitrogens with zero attached hydrogens (tertiary/aromatic N) is 6. The van der Waals surface area contributed by atoms with Crippen LogP contribution >= 0.6 is 0 Å². The van der Waals surface area contributed by atoms with Gasteiger partial charge in [0.25, 0.3) is 11.8 Å². The zero-order valence-corrected chi connectivity index (χ0v) is 63.1. The number of amides is 10. The average Bonchev–Trinajstić information content (AvgIpc) is 1.62. The van der Waals surface area contributed by atoms with Crippen molar-refractivity contribution in [2.24, 2.45) is 31.7 Å². The molecular weight excluding hydrogens is 1460 g/mol. The molecule has 1 aliphatic carbocycles. The molecule has 10 amide bonds. The summed E-state index contributed by atoms with van der Waals surface area (Å²) in [5.74, 6) is -4.55. The minimum atomic E-state index is -1.47. The number of alkyl carbamates (subject to hydrolysis) is 3. The summed E-state index contributed by atoms with van der Waals surface area (Å²) in [6.07, 6.45) is -3.52. The number of aliphatic carboxylic acids is 1. The van der Waals surface area contributed by atoms with Gasteiger partial charge < -0.3 is 50.9 Å². The molecule has 31 heteroatoms. The number of benzodiazepines with no additional fused rings is 2. The first-order chi connectivity index (χ1) is 54.6. The fourth-order valence-corrected chi connectivity index (χ4v) is 11.9. The minimum Gasteiger partial charge on any atom is -0.480 e. The van der Waals surface area contributed by atoms with Gasteiger partial charge in [-0.2, -0.15) is 10.2 Å². The number of anilines is 2. The fourth-order valence-electron chi connectivity index (χ4n) is 11.9. The molecule has 3 aliphatic rings. The van der Waals surface area contributed by atoms with Crippen LogP contribution in [0.5, 0.6) is 0 Å². The van der Waals surface area contributed by atoms with Gasteiger partial charge in [-0.3, -0.25) is 49.2 Å². The van der Waals surface area contributed by atoms with Gasteiger partial charge in [0.2, 0.25) is 18.2 Å². The molecule has 0 fully saturated rings. The van der Waals surface area contributed by atoms with E-state index in [1.165, 1.54) is 11.1 Å². The lowest BCUT2D eigenvalue weighted by atomic mass is 9.98. The maximum absolute atomic E-state index is 14.1. The molecule has 31 nitrogen and oxygen atoms in total. The van der Waals surface area contributed by atoms with Crippen LogP contribution < -0.4 is 53.4 Å². The van der Waals surface area contributed by atoms with Gasteiger partial charge in [-0.25, -0.2) is 44.8 Å². The van der Waals surface area contributed by atoms with Crippen LogP contribution in [0.2, 0.25) is 0 Å². The topological polar surface area (TPSA) is 434 Å². The van der Waals surface area contributed by atoms with Crippen LogP contribution in [0, 0.1) is 0 Å². The van der Waals surface area contributed by atoms with Crippen molar-refractivity contribution in [2.75, 3.05) is 29.5 Å². The molecule has 4 atom stereocenters. The second kappa shape index (κ2) is 39.8. The minimum absolute atomic E-state index is 0.0158. The predicted molar refractivity (Wildman–Crippen MR) is 424 cm³/mol. The smallest absolute Gasteiger partial charge is 0.409 e. The number of carbonyl (C=O) groups excluding carboxylic acids is 10. The monoisotopic (exact) mass is 1550 g/mol. The van der Waals surface area contributed by atoms with Gasteiger partial charge in [0.1, 0.15) is 44.1 Å². The number of urea groups is 2. The Morgan fingerprint density at radius 3 is 1.22 bits per heavy atom. The van der Waals surface area contributed by atoms with Crippen molar-refractivity contribution in [1.29, 1.82) is 0 Å². The number of esters is 2. The van der Waals surface area contributed by atoms with Crippen molar-refractivity contribution in [3.63, 3.8) is 0 Å². The largest absolute Gasteiger partial charge is 0.480 e. The molecule has 11 rings (SSSR count). The third-order valence-corrected chi connectivity index (χ3v) is 16.5. The third kappa shape index (κ3) is 25.1. The molecule has 8 aromatic carbocycles. The van der Waals surface area contributed by atoms with Crippen molar-refractivity contribution in [3.8, 4) is 11.1 Å². The highest BCUT2D eigenvalue weighted by Crippen LogP contribution is 2.44. The molecule has 11 N–H and O–H groups in total. The Labute approximate surface area is 656 Å². The Hall–Kier alpha value is -14.4. The van der Waals surface area contributed by atoms with Crippen LogP contribution in [0.15, 0.2) is 239 Å². The highest BCUT2D eigenvalue weighted by molar-refractivity contribution is 6.22. The Balaban J connectivity index is 0.000000201. The van der Waals surface area contributed by atoms with Crippen molar-refractivity contribution < 1.29 is 81.5 Å². The number of rotatable bonds is 24. The average molecular weight is 1550 g/mol. The SMILES string of the molecule is CC(C)(C)OC(=O)C[C@@H](/C=N/NC(N)=O)NC(=O)CN1C(=O)C(NC(=O)OCc2ccccc2)N=C(c2ccccc2)c2ccccc21.CC(C)(C)OC(=O)C[C@@H](/C=N/NC(N)=O)NC(=O)OCC1c2ccccc2-c2ccccc21.O=C(O)CN1C(=O)C(NC(=O)OCc2ccccc2)N=C(c2ccccc2)c2ccccc21. The first-order valence-electron chi connectivity index (χ1n) is 35.8. The zero-order chi connectivity index (χ0) is 81.9. The third-order valence-electron chi connectivity index (χ3n) is 16.5. The molecule has 0 bridgehead atoms. The molecule has 2 heterocycles. The second-order valence-corrected chi connectivity index (χ2v) is 27.5. The second-order valence-electron chi connectivity index (χ2n) is 27.5. The van der Waals surface area contributed by atoms with E-state index in [2.05, 4.69) is 41.5 Å². The lowest BCUT2D eigenvalue weighted by Gasteiger charge is -2.26. The van der Waals surface area contributed by atoms with E-state index in [1.807, 2.05) is 144 Å². The summed E-state index contributed by atoms with van der Waals surface area (Å²) in [4.78, 5) is 149. The number of hydrogen-bond donors (Lipinski definition) is 9. The van der Waals surface area contributed by atoms with Crippen LogP contribution in [0.25, 0.3) is 11.1 Å². The number of benzene rings is 8. The van der Waals surface area contributed by atoms with Crippen molar-refractivity contribution >= 4 is 101 Å². The molecule has 0 saturated carbocycles. The number of aliphatic imine (C=N–C) groups is 2. The molecular formula is C83H86N14O17. The molecule has 2 aliphatic heterocycles. The summed E-state index contributed by atoms with van der Waals surface area (Å²) < 4.78 is 26.8. The van der Waals surface area contributed by atoms with Crippen LogP contribution in [0.3, 0.4) is 0 Å². The van der Waals surface area contributed by atoms with Crippen LogP contribution in [-0.2, 0) is 65.7 Å². The summed E-state index contributed by atoms with van der Waals surface area (Å²) in [7, 11) is 0. The Bertz CT molecular complexity index is 4850. The van der Waals surface area contributed by atoms with Gasteiger partial charge in [-0.05, 0) is 87.1 Å². The molecule has 0 spiro atoms. The number of nitrogens with one attached hydrogen (secondary N) is 6. The summed E-state index contributed by atoms with van der Waals surface area (Å²) >= 11 is 0. The molecule has 114 heavy (non-hydrogen) atoms. The van der Waals surface area contributed by atoms with E-state index in [-0.39, 0.29) is 38.6 Å². The van der Waals surface area contributed by atoms with E-state index in [9.17, 15) is 57.8 Å². The number of hydrazone groups is 2. The number of nitrogens with two attached hydrogens (primary N) is 2. The fraction of sp³-hybridized carbons (Fsp3) is 0.241. The number of hydrogen-bond acceptors (Lipinski definition) is 20. The normalized spacial score (nSPS) is 14.6. The van der Waals surface area contributed by atoms with Crippen molar-refractivity contribution in [1.82, 2.24) is 32.1 Å². The molecule has 2 unspecified atom stereocenters. The number of ether oxygens (including phenoxy) is 5. The molecule has 0 saturated heterocycles. The van der Waals surface area contributed by atoms with Gasteiger partial charge in [0.15, 0.2) is 0 Å². The van der Waals surface area contributed by atoms with Crippen LogP contribution in [0.1, 0.15) is 105 Å². The highest BCUT2D eigenvalue weighted by Gasteiger charge is 2.38. The first kappa shape index (κ1) is 83.6. The summed E-state index contributed by atoms with van der Waals surface area (Å²) in [5, 5.41) is 27.0. The number of carbonyl (C=O) groups is 11. The van der Waals surface area contributed by atoms with Gasteiger partial charge >= 0.3 is 48.2 Å². The van der Waals surface area contributed by atoms with Crippen LogP contribution in [-0.4, -0.2) is 150 Å². The number of fused-ring (bicyclic) bond motifs is 5. The Morgan fingerprint density at radius 1 is 0.465 bits per heavy atom. The van der Waals surface area contributed by atoms with E-state index in [4.69, 9.17) is 35.2 Å². The number of carboxylic acids is 1. The van der Waals surface area contributed by atoms with Crippen molar-refractivity contribution in [2.45, 2.75) is 109 Å². The van der Waals surface area contributed by atoms with Gasteiger partial charge in [-0.1, -0.05) is 206 Å². The maximum Gasteiger partial charge on any atom is 0.409 e. The first-order valence-corrected chi connectivity index (χ1v) is 35.8. The van der Waals surface area contributed by atoms with Crippen molar-refractivity contribution in [3.05, 3.63) is 263 Å². The zero-order valence-electron chi connectivity index (χ0n) is 63.1. The molecule has 8 aromatic rings. The summed E-state index contributed by atoms with van der Waals surface area (Å²) in [6, 6.07) is 62.5. The highest BCUT2D eigenvalue weighted by atomic mass is 16.6. The quantitative estimate of drug-likeness (QED) is 0.0118. The maximum atomic E-state index is 14.1. The Kier molecular flexibility index (Phi) is 29.2.